The molecule has 69 heavy (non-hydrogen) atoms. The lowest BCUT2D eigenvalue weighted by molar-refractivity contribution is 0.752. The van der Waals surface area contributed by atoms with Gasteiger partial charge >= 0.3 is 0 Å². The number of thiophene rings is 1. The van der Waals surface area contributed by atoms with Gasteiger partial charge in [0.25, 0.3) is 0 Å². The Balaban J connectivity index is 0.966. The molecule has 0 unspecified atom stereocenters. The van der Waals surface area contributed by atoms with Crippen LogP contribution >= 0.6 is 11.3 Å². The van der Waals surface area contributed by atoms with Gasteiger partial charge in [0, 0.05) is 42.6 Å². The number of anilines is 3. The Morgan fingerprint density at radius 3 is 1.51 bits per heavy atom. The van der Waals surface area contributed by atoms with Gasteiger partial charge in [0.1, 0.15) is 0 Å². The number of para-hydroxylation sites is 3. The molecule has 14 rings (SSSR count). The van der Waals surface area contributed by atoms with Crippen molar-refractivity contribution in [1.82, 2.24) is 15.0 Å². The number of nitrogens with zero attached hydrogens (tertiary/aromatic N) is 4. The Morgan fingerprint density at radius 2 is 0.797 bits per heavy atom. The zero-order valence-corrected chi connectivity index (χ0v) is 38.1. The number of hydrogen-bond acceptors (Lipinski definition) is 5. The highest BCUT2D eigenvalue weighted by Gasteiger charge is 2.52. The average molecular weight is 897 g/mol. The van der Waals surface area contributed by atoms with Gasteiger partial charge in [-0.2, -0.15) is 0 Å². The summed E-state index contributed by atoms with van der Waals surface area (Å²) >= 11 is 1.85. The van der Waals surface area contributed by atoms with Gasteiger partial charge in [-0.15, -0.1) is 11.3 Å². The molecule has 10 aromatic carbocycles. The summed E-state index contributed by atoms with van der Waals surface area (Å²) < 4.78 is 2.59. The van der Waals surface area contributed by atoms with Crippen LogP contribution in [0.3, 0.4) is 0 Å². The van der Waals surface area contributed by atoms with Crippen LogP contribution in [0.5, 0.6) is 0 Å². The zero-order valence-electron chi connectivity index (χ0n) is 37.3. The van der Waals surface area contributed by atoms with Crippen molar-refractivity contribution >= 4 is 48.6 Å². The highest BCUT2D eigenvalue weighted by molar-refractivity contribution is 7.26. The van der Waals surface area contributed by atoms with Crippen molar-refractivity contribution in [3.05, 3.63) is 265 Å². The van der Waals surface area contributed by atoms with Gasteiger partial charge < -0.3 is 4.90 Å². The second-order valence-corrected chi connectivity index (χ2v) is 18.9. The van der Waals surface area contributed by atoms with E-state index in [9.17, 15) is 0 Å². The third-order valence-electron chi connectivity index (χ3n) is 14.2. The van der Waals surface area contributed by atoms with Crippen LogP contribution in [0.4, 0.5) is 17.1 Å². The normalized spacial score (nSPS) is 13.0. The number of aromatic nitrogens is 3. The van der Waals surface area contributed by atoms with E-state index in [4.69, 9.17) is 15.0 Å². The fourth-order valence-corrected chi connectivity index (χ4v) is 12.4. The first-order valence-corrected chi connectivity index (χ1v) is 24.2. The van der Waals surface area contributed by atoms with E-state index in [2.05, 4.69) is 248 Å². The fraction of sp³-hybridized carbons (Fsp3) is 0.0156. The largest absolute Gasteiger partial charge is 0.310 e. The lowest BCUT2D eigenvalue weighted by Gasteiger charge is -2.45. The van der Waals surface area contributed by atoms with Gasteiger partial charge in [-0.25, -0.2) is 15.0 Å². The van der Waals surface area contributed by atoms with Crippen LogP contribution in [0, 0.1) is 0 Å². The fourth-order valence-electron chi connectivity index (χ4n) is 11.2. The standard InChI is InChI=1S/C64H40N4S/c1-3-17-41(18-4-1)42-33-37-44(38-34-42)61-65-62(45-39-35-43(36-40-45)47-23-15-24-49-48-21-8-14-32-58(48)69-60(47)49)67-63(66-61)51-25-16-29-55-59(51)50-22-7-9-26-52(50)64(55)53-27-10-12-30-56(53)68(46-19-5-2-6-20-46)57-31-13-11-28-54(57)64/h1-40H. The van der Waals surface area contributed by atoms with Gasteiger partial charge in [-0.05, 0) is 86.0 Å². The van der Waals surface area contributed by atoms with Crippen molar-refractivity contribution in [3.63, 3.8) is 0 Å². The smallest absolute Gasteiger partial charge is 0.164 e. The van der Waals surface area contributed by atoms with Crippen LogP contribution in [-0.4, -0.2) is 15.0 Å². The molecule has 2 aromatic heterocycles. The molecule has 4 nitrogen and oxygen atoms in total. The molecular formula is C64H40N4S. The molecule has 2 aliphatic rings. The molecule has 322 valence electrons. The highest BCUT2D eigenvalue weighted by atomic mass is 32.1. The molecular weight excluding hydrogens is 857 g/mol. The molecule has 0 saturated heterocycles. The van der Waals surface area contributed by atoms with E-state index >= 15 is 0 Å². The monoisotopic (exact) mass is 896 g/mol. The Kier molecular flexibility index (Phi) is 8.95. The topological polar surface area (TPSA) is 41.9 Å². The summed E-state index contributed by atoms with van der Waals surface area (Å²) in [6, 6.07) is 87.4. The Labute approximate surface area is 404 Å². The maximum atomic E-state index is 5.44. The lowest BCUT2D eigenvalue weighted by Crippen LogP contribution is -2.36. The first-order chi connectivity index (χ1) is 34.2. The summed E-state index contributed by atoms with van der Waals surface area (Å²) in [5.74, 6) is 1.88. The zero-order chi connectivity index (χ0) is 45.5. The second-order valence-electron chi connectivity index (χ2n) is 17.8. The predicted molar refractivity (Wildman–Crippen MR) is 285 cm³/mol. The SMILES string of the molecule is c1ccc(-c2ccc(-c3nc(-c4ccc(-c5cccc6c5sc5ccccc56)cc4)nc(-c4cccc5c4-c4ccccc4C54c5ccccc5N(c5ccccc5)c5ccccc54)n3)cc2)cc1. The predicted octanol–water partition coefficient (Wildman–Crippen LogP) is 16.7. The molecule has 12 aromatic rings. The molecule has 1 aliphatic carbocycles. The molecule has 0 radical (unpaired) electrons. The molecule has 0 bridgehead atoms. The van der Waals surface area contributed by atoms with Crippen molar-refractivity contribution < 1.29 is 0 Å². The van der Waals surface area contributed by atoms with E-state index in [1.54, 1.807) is 0 Å². The second kappa shape index (κ2) is 15.7. The molecule has 0 amide bonds. The lowest BCUT2D eigenvalue weighted by atomic mass is 9.64. The van der Waals surface area contributed by atoms with Crippen LogP contribution < -0.4 is 4.90 Å². The van der Waals surface area contributed by atoms with Crippen LogP contribution in [0.15, 0.2) is 243 Å². The van der Waals surface area contributed by atoms with Crippen molar-refractivity contribution in [2.24, 2.45) is 0 Å². The molecule has 1 spiro atoms. The maximum absolute atomic E-state index is 5.44. The van der Waals surface area contributed by atoms with Gasteiger partial charge in [0.05, 0.1) is 16.8 Å². The molecule has 3 heterocycles. The van der Waals surface area contributed by atoms with Crippen molar-refractivity contribution in [1.29, 1.82) is 0 Å². The number of fused-ring (bicyclic) bond motifs is 12. The summed E-state index contributed by atoms with van der Waals surface area (Å²) in [6.45, 7) is 0. The van der Waals surface area contributed by atoms with Crippen molar-refractivity contribution in [3.8, 4) is 67.5 Å². The van der Waals surface area contributed by atoms with Crippen LogP contribution in [-0.2, 0) is 5.41 Å². The van der Waals surface area contributed by atoms with E-state index < -0.39 is 5.41 Å². The summed E-state index contributed by atoms with van der Waals surface area (Å²) in [5.41, 5.74) is 17.6. The van der Waals surface area contributed by atoms with E-state index in [0.717, 1.165) is 56.0 Å². The van der Waals surface area contributed by atoms with E-state index in [1.807, 2.05) is 11.3 Å². The molecule has 0 N–H and O–H groups in total. The third kappa shape index (κ3) is 6.04. The first-order valence-electron chi connectivity index (χ1n) is 23.4. The maximum Gasteiger partial charge on any atom is 0.164 e. The van der Waals surface area contributed by atoms with Gasteiger partial charge in [0.15, 0.2) is 17.5 Å². The van der Waals surface area contributed by atoms with Gasteiger partial charge in [-0.3, -0.25) is 0 Å². The Morgan fingerprint density at radius 1 is 0.319 bits per heavy atom. The van der Waals surface area contributed by atoms with Crippen molar-refractivity contribution in [2.75, 3.05) is 4.90 Å². The minimum Gasteiger partial charge on any atom is -0.310 e. The quantitative estimate of drug-likeness (QED) is 0.167. The van der Waals surface area contributed by atoms with E-state index in [1.165, 1.54) is 53.6 Å². The highest BCUT2D eigenvalue weighted by Crippen LogP contribution is 2.64. The third-order valence-corrected chi connectivity index (χ3v) is 15.4. The Bertz CT molecular complexity index is 3910. The number of benzene rings is 10. The van der Waals surface area contributed by atoms with Gasteiger partial charge in [0.2, 0.25) is 0 Å². The van der Waals surface area contributed by atoms with E-state index in [0.29, 0.717) is 17.5 Å². The van der Waals surface area contributed by atoms with Crippen LogP contribution in [0.25, 0.3) is 87.7 Å². The molecule has 0 atom stereocenters. The number of rotatable bonds is 6. The van der Waals surface area contributed by atoms with Gasteiger partial charge in [-0.1, -0.05) is 212 Å². The molecule has 1 aliphatic heterocycles. The Hall–Kier alpha value is -8.77. The minimum atomic E-state index is -0.612. The molecule has 0 saturated carbocycles. The van der Waals surface area contributed by atoms with Crippen LogP contribution in [0.2, 0.25) is 0 Å². The minimum absolute atomic E-state index is 0.612. The molecule has 5 heteroatoms. The molecule has 0 fully saturated rings. The first kappa shape index (κ1) is 39.4. The van der Waals surface area contributed by atoms with Crippen molar-refractivity contribution in [2.45, 2.75) is 5.41 Å². The summed E-state index contributed by atoms with van der Waals surface area (Å²) in [7, 11) is 0. The summed E-state index contributed by atoms with van der Waals surface area (Å²) in [5, 5.41) is 2.58. The van der Waals surface area contributed by atoms with E-state index in [-0.39, 0.29) is 0 Å². The average Bonchev–Trinajstić information content (AvgIpc) is 3.96. The summed E-state index contributed by atoms with van der Waals surface area (Å²) in [6.07, 6.45) is 0. The number of hydrogen-bond donors (Lipinski definition) is 0. The van der Waals surface area contributed by atoms with Crippen LogP contribution in [0.1, 0.15) is 22.3 Å². The summed E-state index contributed by atoms with van der Waals surface area (Å²) in [4.78, 5) is 18.6.